The average Bonchev–Trinajstić information content (AvgIpc) is 2.34. The van der Waals surface area contributed by atoms with Crippen molar-refractivity contribution in [2.24, 2.45) is 0 Å². The monoisotopic (exact) mass is 269 g/mol. The van der Waals surface area contributed by atoms with E-state index in [4.69, 9.17) is 9.57 Å². The lowest BCUT2D eigenvalue weighted by Crippen LogP contribution is -2.27. The Labute approximate surface area is 115 Å². The third-order valence-electron chi connectivity index (χ3n) is 2.86. The molecule has 0 fully saturated rings. The lowest BCUT2D eigenvalue weighted by molar-refractivity contribution is -0.173. The van der Waals surface area contributed by atoms with Crippen LogP contribution in [-0.2, 0) is 4.84 Å². The molecule has 0 N–H and O–H groups in total. The van der Waals surface area contributed by atoms with Gasteiger partial charge in [0.15, 0.2) is 0 Å². The maximum Gasteiger partial charge on any atom is 0.125 e. The second-order valence-corrected chi connectivity index (χ2v) is 4.25. The van der Waals surface area contributed by atoms with Crippen LogP contribution in [0.3, 0.4) is 0 Å². The van der Waals surface area contributed by atoms with Gasteiger partial charge in [0.25, 0.3) is 0 Å². The summed E-state index contributed by atoms with van der Waals surface area (Å²) < 4.78 is 5.43. The van der Waals surface area contributed by atoms with Crippen molar-refractivity contribution in [1.29, 1.82) is 0 Å². The number of hydrogen-bond acceptors (Lipinski definition) is 3. The van der Waals surface area contributed by atoms with E-state index in [1.165, 1.54) is 5.57 Å². The fourth-order valence-electron chi connectivity index (χ4n) is 1.91. The lowest BCUT2D eigenvalue weighted by Gasteiger charge is -2.29. The van der Waals surface area contributed by atoms with Gasteiger partial charge < -0.3 is 4.74 Å². The van der Waals surface area contributed by atoms with Gasteiger partial charge in [-0.15, -0.1) is 12.4 Å². The molecule has 100 valence electrons. The van der Waals surface area contributed by atoms with E-state index in [1.807, 2.05) is 31.2 Å². The van der Waals surface area contributed by atoms with Gasteiger partial charge in [0.2, 0.25) is 0 Å². The van der Waals surface area contributed by atoms with E-state index in [9.17, 15) is 0 Å². The van der Waals surface area contributed by atoms with Crippen LogP contribution in [0.15, 0.2) is 35.9 Å². The van der Waals surface area contributed by atoms with Gasteiger partial charge in [0.05, 0.1) is 6.61 Å². The van der Waals surface area contributed by atoms with Crippen molar-refractivity contribution in [1.82, 2.24) is 5.06 Å². The van der Waals surface area contributed by atoms with E-state index >= 15 is 0 Å². The lowest BCUT2D eigenvalue weighted by atomic mass is 10.0. The van der Waals surface area contributed by atoms with Crippen LogP contribution in [0.2, 0.25) is 0 Å². The number of ether oxygens (including phenoxy) is 1. The molecule has 0 radical (unpaired) electrons. The Kier molecular flexibility index (Phi) is 5.66. The van der Waals surface area contributed by atoms with Crippen molar-refractivity contribution in [2.45, 2.75) is 20.0 Å². The van der Waals surface area contributed by atoms with Gasteiger partial charge in [-0.3, -0.25) is 4.84 Å². The van der Waals surface area contributed by atoms with Gasteiger partial charge in [-0.2, -0.15) is 5.06 Å². The van der Waals surface area contributed by atoms with E-state index in [1.54, 1.807) is 0 Å². The molecule has 1 aliphatic rings. The zero-order chi connectivity index (χ0) is 12.3. The Morgan fingerprint density at radius 3 is 2.61 bits per heavy atom. The standard InChI is InChI=1S/C14H19NO2.ClH/c1-4-16-13-7-5-12(6-8-13)14-11(2)9-10-15(3)17-14;/h5-9,14H,4,10H2,1-3H3;1H. The molecule has 1 aromatic carbocycles. The molecule has 1 atom stereocenters. The van der Waals surface area contributed by atoms with Crippen molar-refractivity contribution < 1.29 is 9.57 Å². The summed E-state index contributed by atoms with van der Waals surface area (Å²) in [7, 11) is 1.95. The van der Waals surface area contributed by atoms with Gasteiger partial charge in [-0.25, -0.2) is 0 Å². The first-order valence-electron chi connectivity index (χ1n) is 5.98. The molecule has 1 unspecified atom stereocenters. The third-order valence-corrected chi connectivity index (χ3v) is 2.86. The molecule has 0 aromatic heterocycles. The molecule has 0 amide bonds. The van der Waals surface area contributed by atoms with E-state index in [0.717, 1.165) is 17.9 Å². The number of benzene rings is 1. The van der Waals surface area contributed by atoms with Gasteiger partial charge in [-0.05, 0) is 37.1 Å². The average molecular weight is 270 g/mol. The van der Waals surface area contributed by atoms with Crippen LogP contribution in [0.1, 0.15) is 25.5 Å². The zero-order valence-electron chi connectivity index (χ0n) is 11.1. The molecule has 1 aliphatic heterocycles. The maximum absolute atomic E-state index is 5.81. The minimum absolute atomic E-state index is 0. The summed E-state index contributed by atoms with van der Waals surface area (Å²) in [6, 6.07) is 8.10. The van der Waals surface area contributed by atoms with Crippen LogP contribution in [0.4, 0.5) is 0 Å². The number of rotatable bonds is 3. The molecule has 0 saturated heterocycles. The number of likely N-dealkylation sites (N-methyl/N-ethyl adjacent to an activating group) is 1. The van der Waals surface area contributed by atoms with Crippen molar-refractivity contribution in [2.75, 3.05) is 20.2 Å². The van der Waals surface area contributed by atoms with Gasteiger partial charge >= 0.3 is 0 Å². The summed E-state index contributed by atoms with van der Waals surface area (Å²) in [6.45, 7) is 5.63. The number of nitrogens with zero attached hydrogens (tertiary/aromatic N) is 1. The number of halogens is 1. The second-order valence-electron chi connectivity index (χ2n) is 4.25. The fourth-order valence-corrected chi connectivity index (χ4v) is 1.91. The van der Waals surface area contributed by atoms with Crippen LogP contribution in [0.25, 0.3) is 0 Å². The summed E-state index contributed by atoms with van der Waals surface area (Å²) in [5.74, 6) is 0.905. The summed E-state index contributed by atoms with van der Waals surface area (Å²) in [5, 5.41) is 1.86. The molecule has 3 nitrogen and oxygen atoms in total. The first-order chi connectivity index (χ1) is 8.20. The predicted octanol–water partition coefficient (Wildman–Crippen LogP) is 3.37. The Balaban J connectivity index is 0.00000162. The topological polar surface area (TPSA) is 21.7 Å². The van der Waals surface area contributed by atoms with E-state index in [2.05, 4.69) is 25.1 Å². The van der Waals surface area contributed by atoms with E-state index in [-0.39, 0.29) is 18.5 Å². The summed E-state index contributed by atoms with van der Waals surface area (Å²) in [5.41, 5.74) is 2.42. The highest BCUT2D eigenvalue weighted by Crippen LogP contribution is 2.30. The Bertz CT molecular complexity index is 403. The van der Waals surface area contributed by atoms with Gasteiger partial charge in [-0.1, -0.05) is 18.2 Å². The van der Waals surface area contributed by atoms with Crippen molar-refractivity contribution in [3.63, 3.8) is 0 Å². The Morgan fingerprint density at radius 2 is 2.00 bits per heavy atom. The fraction of sp³-hybridized carbons (Fsp3) is 0.429. The molecule has 0 spiro atoms. The van der Waals surface area contributed by atoms with Crippen LogP contribution in [0, 0.1) is 0 Å². The first-order valence-corrected chi connectivity index (χ1v) is 5.98. The summed E-state index contributed by atoms with van der Waals surface area (Å²) in [4.78, 5) is 5.81. The minimum Gasteiger partial charge on any atom is -0.494 e. The van der Waals surface area contributed by atoms with Crippen LogP contribution in [0.5, 0.6) is 5.75 Å². The quantitative estimate of drug-likeness (QED) is 0.786. The van der Waals surface area contributed by atoms with Crippen LogP contribution in [-0.4, -0.2) is 25.3 Å². The number of hydroxylamine groups is 2. The van der Waals surface area contributed by atoms with Crippen molar-refractivity contribution in [3.8, 4) is 5.75 Å². The van der Waals surface area contributed by atoms with E-state index < -0.39 is 0 Å². The molecular formula is C14H20ClNO2. The number of hydrogen-bond donors (Lipinski definition) is 0. The molecule has 0 bridgehead atoms. The molecule has 18 heavy (non-hydrogen) atoms. The molecule has 0 aliphatic carbocycles. The van der Waals surface area contributed by atoms with Crippen molar-refractivity contribution in [3.05, 3.63) is 41.5 Å². The first kappa shape index (κ1) is 15.0. The van der Waals surface area contributed by atoms with E-state index in [0.29, 0.717) is 6.61 Å². The molecule has 2 rings (SSSR count). The molecule has 4 heteroatoms. The molecule has 1 heterocycles. The normalized spacial score (nSPS) is 19.9. The second kappa shape index (κ2) is 6.78. The zero-order valence-corrected chi connectivity index (χ0v) is 11.9. The summed E-state index contributed by atoms with van der Waals surface area (Å²) >= 11 is 0. The smallest absolute Gasteiger partial charge is 0.125 e. The van der Waals surface area contributed by atoms with Crippen LogP contribution < -0.4 is 4.74 Å². The predicted molar refractivity (Wildman–Crippen MR) is 75.1 cm³/mol. The minimum atomic E-state index is 0. The highest BCUT2D eigenvalue weighted by molar-refractivity contribution is 5.85. The Hall–Kier alpha value is -1.03. The van der Waals surface area contributed by atoms with Gasteiger partial charge in [0.1, 0.15) is 11.9 Å². The summed E-state index contributed by atoms with van der Waals surface area (Å²) in [6.07, 6.45) is 2.23. The largest absolute Gasteiger partial charge is 0.494 e. The SMILES string of the molecule is CCOc1ccc(C2ON(C)CC=C2C)cc1.Cl. The van der Waals surface area contributed by atoms with Crippen molar-refractivity contribution >= 4 is 12.4 Å². The molecular weight excluding hydrogens is 250 g/mol. The van der Waals surface area contributed by atoms with Crippen LogP contribution >= 0.6 is 12.4 Å². The highest BCUT2D eigenvalue weighted by atomic mass is 35.5. The highest BCUT2D eigenvalue weighted by Gasteiger charge is 2.20. The maximum atomic E-state index is 5.81. The third kappa shape index (κ3) is 3.48. The Morgan fingerprint density at radius 1 is 1.33 bits per heavy atom. The molecule has 0 saturated carbocycles. The molecule has 1 aromatic rings. The van der Waals surface area contributed by atoms with Gasteiger partial charge in [0, 0.05) is 13.6 Å².